The highest BCUT2D eigenvalue weighted by atomic mass is 16.1. The van der Waals surface area contributed by atoms with E-state index in [0.717, 1.165) is 32.1 Å². The molecule has 2 aliphatic rings. The molecule has 2 aliphatic carbocycles. The molecule has 1 fully saturated rings. The van der Waals surface area contributed by atoms with Crippen molar-refractivity contribution in [2.45, 2.75) is 66.2 Å². The van der Waals surface area contributed by atoms with Gasteiger partial charge in [-0.25, -0.2) is 0 Å². The Kier molecular flexibility index (Phi) is 4.91. The molecule has 0 aromatic carbocycles. The second-order valence-electron chi connectivity index (χ2n) is 7.53. The van der Waals surface area contributed by atoms with Crippen LogP contribution in [-0.4, -0.2) is 5.78 Å². The van der Waals surface area contributed by atoms with Crippen molar-refractivity contribution in [1.82, 2.24) is 0 Å². The first-order valence-electron chi connectivity index (χ1n) is 8.34. The topological polar surface area (TPSA) is 17.1 Å². The third-order valence-corrected chi connectivity index (χ3v) is 5.61. The van der Waals surface area contributed by atoms with Crippen molar-refractivity contribution in [2.24, 2.45) is 17.3 Å². The first kappa shape index (κ1) is 16.3. The number of fused-ring (bicyclic) bond motifs is 1. The number of Topliss-reactive ketones (excluding diaryl/α,β-unsaturated/α-hetero) is 1. The molecule has 2 rings (SSSR count). The van der Waals surface area contributed by atoms with Gasteiger partial charge in [-0.3, -0.25) is 4.79 Å². The van der Waals surface area contributed by atoms with Crippen molar-refractivity contribution in [3.05, 3.63) is 35.5 Å². The zero-order valence-corrected chi connectivity index (χ0v) is 14.2. The average molecular weight is 286 g/mol. The molecular weight excluding hydrogens is 256 g/mol. The van der Waals surface area contributed by atoms with Gasteiger partial charge in [0.25, 0.3) is 0 Å². The van der Waals surface area contributed by atoms with Crippen LogP contribution in [0, 0.1) is 17.3 Å². The Balaban J connectivity index is 2.13. The molecule has 1 nitrogen and oxygen atoms in total. The highest BCUT2D eigenvalue weighted by Crippen LogP contribution is 2.57. The molecule has 1 saturated carbocycles. The van der Waals surface area contributed by atoms with Gasteiger partial charge in [-0.05, 0) is 64.7 Å². The first-order valence-corrected chi connectivity index (χ1v) is 8.34. The van der Waals surface area contributed by atoms with E-state index in [-0.39, 0.29) is 5.41 Å². The number of ketones is 1. The van der Waals surface area contributed by atoms with Crippen LogP contribution in [0.5, 0.6) is 0 Å². The van der Waals surface area contributed by atoms with Crippen molar-refractivity contribution in [3.63, 3.8) is 0 Å². The van der Waals surface area contributed by atoms with Crippen LogP contribution in [0.2, 0.25) is 0 Å². The molecular formula is C20H30O. The maximum absolute atomic E-state index is 12.7. The summed E-state index contributed by atoms with van der Waals surface area (Å²) in [6.07, 6.45) is 10.6. The van der Waals surface area contributed by atoms with Crippen molar-refractivity contribution in [3.8, 4) is 0 Å². The molecule has 0 aromatic heterocycles. The van der Waals surface area contributed by atoms with E-state index in [0.29, 0.717) is 24.0 Å². The van der Waals surface area contributed by atoms with E-state index in [1.54, 1.807) is 0 Å². The molecule has 0 unspecified atom stereocenters. The van der Waals surface area contributed by atoms with E-state index in [2.05, 4.69) is 46.4 Å². The van der Waals surface area contributed by atoms with Gasteiger partial charge in [-0.1, -0.05) is 42.4 Å². The lowest BCUT2D eigenvalue weighted by Crippen LogP contribution is -2.51. The van der Waals surface area contributed by atoms with E-state index < -0.39 is 0 Å². The molecule has 0 aliphatic heterocycles. The minimum Gasteiger partial charge on any atom is -0.299 e. The van der Waals surface area contributed by atoms with Crippen LogP contribution in [-0.2, 0) is 4.79 Å². The largest absolute Gasteiger partial charge is 0.299 e. The van der Waals surface area contributed by atoms with Gasteiger partial charge < -0.3 is 0 Å². The molecule has 0 radical (unpaired) electrons. The van der Waals surface area contributed by atoms with Gasteiger partial charge in [0.2, 0.25) is 0 Å². The lowest BCUT2D eigenvalue weighted by Gasteiger charge is -2.53. The highest BCUT2D eigenvalue weighted by molar-refractivity contribution is 5.87. The van der Waals surface area contributed by atoms with Crippen LogP contribution < -0.4 is 0 Å². The summed E-state index contributed by atoms with van der Waals surface area (Å²) in [6.45, 7) is 12.9. The zero-order chi connectivity index (χ0) is 15.6. The fourth-order valence-corrected chi connectivity index (χ4v) is 4.01. The molecule has 21 heavy (non-hydrogen) atoms. The zero-order valence-electron chi connectivity index (χ0n) is 14.2. The van der Waals surface area contributed by atoms with E-state index in [1.807, 2.05) is 0 Å². The number of hydrogen-bond acceptors (Lipinski definition) is 1. The van der Waals surface area contributed by atoms with Gasteiger partial charge in [0, 0.05) is 11.8 Å². The van der Waals surface area contributed by atoms with Gasteiger partial charge >= 0.3 is 0 Å². The summed E-state index contributed by atoms with van der Waals surface area (Å²) >= 11 is 0. The lowest BCUT2D eigenvalue weighted by molar-refractivity contribution is -0.142. The Bertz CT molecular complexity index is 490. The van der Waals surface area contributed by atoms with Crippen LogP contribution in [0.25, 0.3) is 0 Å². The molecule has 0 N–H and O–H groups in total. The molecule has 0 saturated heterocycles. The maximum atomic E-state index is 12.7. The van der Waals surface area contributed by atoms with Gasteiger partial charge in [0.1, 0.15) is 5.78 Å². The third kappa shape index (κ3) is 3.39. The Morgan fingerprint density at radius 2 is 2.14 bits per heavy atom. The summed E-state index contributed by atoms with van der Waals surface area (Å²) < 4.78 is 0. The number of allylic oxidation sites excluding steroid dienone is 5. The van der Waals surface area contributed by atoms with Gasteiger partial charge in [-0.15, -0.1) is 0 Å². The molecule has 116 valence electrons. The third-order valence-electron chi connectivity index (χ3n) is 5.61. The number of carbonyl (C=O) groups excluding carboxylic acids is 1. The van der Waals surface area contributed by atoms with E-state index in [9.17, 15) is 4.79 Å². The lowest BCUT2D eigenvalue weighted by atomic mass is 9.49. The molecule has 0 spiro atoms. The fourth-order valence-electron chi connectivity index (χ4n) is 4.01. The van der Waals surface area contributed by atoms with Gasteiger partial charge in [0.15, 0.2) is 0 Å². The predicted octanol–water partition coefficient (Wildman–Crippen LogP) is 5.63. The molecule has 0 heterocycles. The summed E-state index contributed by atoms with van der Waals surface area (Å²) in [5.74, 6) is 1.51. The van der Waals surface area contributed by atoms with Crippen LogP contribution in [0.15, 0.2) is 35.5 Å². The van der Waals surface area contributed by atoms with Crippen molar-refractivity contribution in [2.75, 3.05) is 0 Å². The Morgan fingerprint density at radius 3 is 2.81 bits per heavy atom. The number of carbonyl (C=O) groups is 1. The van der Waals surface area contributed by atoms with Crippen LogP contribution in [0.3, 0.4) is 0 Å². The minimum atomic E-state index is -0.121. The molecule has 0 aromatic rings. The fraction of sp³-hybridized carbons (Fsp3) is 0.650. The van der Waals surface area contributed by atoms with Gasteiger partial charge in [0.05, 0.1) is 0 Å². The normalized spacial score (nSPS) is 35.2. The molecule has 0 bridgehead atoms. The average Bonchev–Trinajstić information content (AvgIpc) is 2.45. The molecule has 0 amide bonds. The van der Waals surface area contributed by atoms with E-state index >= 15 is 0 Å². The smallest absolute Gasteiger partial charge is 0.142 e. The summed E-state index contributed by atoms with van der Waals surface area (Å²) in [5, 5.41) is 0. The predicted molar refractivity (Wildman–Crippen MR) is 90.1 cm³/mol. The Labute approximate surface area is 130 Å². The highest BCUT2D eigenvalue weighted by Gasteiger charge is 2.54. The second-order valence-corrected chi connectivity index (χ2v) is 7.53. The van der Waals surface area contributed by atoms with E-state index in [1.165, 1.54) is 16.7 Å². The summed E-state index contributed by atoms with van der Waals surface area (Å²) in [6, 6.07) is 0. The first-order chi connectivity index (χ1) is 9.84. The monoisotopic (exact) mass is 286 g/mol. The number of hydrogen-bond donors (Lipinski definition) is 0. The Morgan fingerprint density at radius 1 is 1.43 bits per heavy atom. The van der Waals surface area contributed by atoms with Crippen LogP contribution in [0.4, 0.5) is 0 Å². The SMILES string of the molecule is C=C1CC/C=C(\C)CC[C@H]2[C@H]1C[C@]2(C)C(=O)CC=C(C)C. The van der Waals surface area contributed by atoms with Crippen LogP contribution in [0.1, 0.15) is 66.2 Å². The van der Waals surface area contributed by atoms with Crippen molar-refractivity contribution in [1.29, 1.82) is 0 Å². The van der Waals surface area contributed by atoms with Gasteiger partial charge in [-0.2, -0.15) is 0 Å². The van der Waals surface area contributed by atoms with Crippen LogP contribution >= 0.6 is 0 Å². The quantitative estimate of drug-likeness (QED) is 0.614. The number of rotatable bonds is 3. The maximum Gasteiger partial charge on any atom is 0.142 e. The summed E-state index contributed by atoms with van der Waals surface area (Å²) in [5.41, 5.74) is 3.97. The minimum absolute atomic E-state index is 0.121. The van der Waals surface area contributed by atoms with Crippen molar-refractivity contribution < 1.29 is 4.79 Å². The molecule has 1 heteroatoms. The summed E-state index contributed by atoms with van der Waals surface area (Å²) in [4.78, 5) is 12.7. The molecule has 3 atom stereocenters. The van der Waals surface area contributed by atoms with Crippen molar-refractivity contribution >= 4 is 5.78 Å². The second kappa shape index (κ2) is 6.34. The Hall–Kier alpha value is -1.11. The van der Waals surface area contributed by atoms with E-state index in [4.69, 9.17) is 0 Å². The standard InChI is InChI=1S/C20H30O/c1-14(2)9-12-19(21)20(5)13-17-16(4)8-6-7-15(3)10-11-18(17)20/h7,9,17-18H,4,6,8,10-13H2,1-3,5H3/b15-7+/t17-,18-,20-/m0/s1. The summed E-state index contributed by atoms with van der Waals surface area (Å²) in [7, 11) is 0.